The molecular formula is C26H30N2O5. The van der Waals surface area contributed by atoms with Crippen molar-refractivity contribution in [3.05, 3.63) is 75.9 Å². The highest BCUT2D eigenvalue weighted by molar-refractivity contribution is 5.82. The van der Waals surface area contributed by atoms with Gasteiger partial charge < -0.3 is 24.5 Å². The summed E-state index contributed by atoms with van der Waals surface area (Å²) in [7, 11) is 0. The third-order valence-electron chi connectivity index (χ3n) is 6.05. The average Bonchev–Trinajstić information content (AvgIpc) is 2.83. The van der Waals surface area contributed by atoms with Crippen LogP contribution in [0.15, 0.2) is 63.8 Å². The molecule has 1 unspecified atom stereocenters. The molecule has 0 saturated carbocycles. The van der Waals surface area contributed by atoms with E-state index < -0.39 is 17.4 Å². The van der Waals surface area contributed by atoms with Crippen molar-refractivity contribution in [2.45, 2.75) is 38.3 Å². The molecule has 1 aromatic heterocycles. The first kappa shape index (κ1) is 23.0. The Morgan fingerprint density at radius 3 is 2.58 bits per heavy atom. The van der Waals surface area contributed by atoms with Crippen molar-refractivity contribution in [3.63, 3.8) is 0 Å². The van der Waals surface area contributed by atoms with Crippen molar-refractivity contribution in [3.8, 4) is 0 Å². The van der Waals surface area contributed by atoms with E-state index in [0.717, 1.165) is 11.1 Å². The monoisotopic (exact) mass is 450 g/mol. The number of rotatable bonds is 7. The maximum atomic E-state index is 12.9. The van der Waals surface area contributed by atoms with Crippen molar-refractivity contribution in [1.29, 1.82) is 0 Å². The van der Waals surface area contributed by atoms with Crippen molar-refractivity contribution in [1.82, 2.24) is 0 Å². The molecule has 7 heteroatoms. The van der Waals surface area contributed by atoms with Gasteiger partial charge in [0.2, 0.25) is 0 Å². The molecule has 3 aromatic rings. The third kappa shape index (κ3) is 5.26. The van der Waals surface area contributed by atoms with Crippen LogP contribution in [0.3, 0.4) is 0 Å². The average molecular weight is 451 g/mol. The zero-order chi connectivity index (χ0) is 23.4. The molecule has 4 rings (SSSR count). The van der Waals surface area contributed by atoms with Crippen LogP contribution in [0.4, 0.5) is 5.88 Å². The van der Waals surface area contributed by atoms with Crippen molar-refractivity contribution in [2.24, 2.45) is 5.73 Å². The molecule has 0 aliphatic carbocycles. The lowest BCUT2D eigenvalue weighted by molar-refractivity contribution is -0.147. The fourth-order valence-electron chi connectivity index (χ4n) is 4.22. The quantitative estimate of drug-likeness (QED) is 0.552. The molecule has 1 aliphatic heterocycles. The van der Waals surface area contributed by atoms with Crippen LogP contribution in [0.2, 0.25) is 0 Å². The lowest BCUT2D eigenvalue weighted by Gasteiger charge is -2.30. The van der Waals surface area contributed by atoms with Gasteiger partial charge in [0.05, 0.1) is 18.6 Å². The predicted molar refractivity (Wildman–Crippen MR) is 127 cm³/mol. The highest BCUT2D eigenvalue weighted by Gasteiger charge is 2.31. The summed E-state index contributed by atoms with van der Waals surface area (Å²) in [6.07, 6.45) is 0.339. The first-order valence-corrected chi connectivity index (χ1v) is 11.2. The van der Waals surface area contributed by atoms with Gasteiger partial charge in [-0.2, -0.15) is 0 Å². The van der Waals surface area contributed by atoms with E-state index in [9.17, 15) is 9.59 Å². The Morgan fingerprint density at radius 2 is 1.85 bits per heavy atom. The Kier molecular flexibility index (Phi) is 6.81. The Balaban J connectivity index is 1.56. The molecule has 1 atom stereocenters. The van der Waals surface area contributed by atoms with Gasteiger partial charge >= 0.3 is 5.97 Å². The highest BCUT2D eigenvalue weighted by atomic mass is 16.5. The Bertz CT molecular complexity index is 1170. The Hall–Kier alpha value is -3.16. The number of nitrogens with zero attached hydrogens (tertiary/aromatic N) is 1. The molecule has 7 nitrogen and oxygen atoms in total. The summed E-state index contributed by atoms with van der Waals surface area (Å²) in [5, 5.41) is 0.512. The van der Waals surface area contributed by atoms with E-state index in [1.807, 2.05) is 61.2 Å². The van der Waals surface area contributed by atoms with Crippen LogP contribution in [0.5, 0.6) is 0 Å². The minimum absolute atomic E-state index is 0.0954. The number of hydrogen-bond acceptors (Lipinski definition) is 7. The predicted octanol–water partition coefficient (Wildman–Crippen LogP) is 3.37. The van der Waals surface area contributed by atoms with E-state index in [1.54, 1.807) is 6.07 Å². The van der Waals surface area contributed by atoms with Crippen molar-refractivity contribution < 1.29 is 18.7 Å². The molecule has 2 heterocycles. The van der Waals surface area contributed by atoms with Gasteiger partial charge in [0.1, 0.15) is 18.2 Å². The number of carbonyl (C=O) groups is 1. The molecule has 33 heavy (non-hydrogen) atoms. The molecule has 1 saturated heterocycles. The number of morpholine rings is 1. The second-order valence-electron chi connectivity index (χ2n) is 9.02. The first-order valence-electron chi connectivity index (χ1n) is 11.2. The lowest BCUT2D eigenvalue weighted by atomic mass is 9.78. The van der Waals surface area contributed by atoms with Gasteiger partial charge in [0.15, 0.2) is 11.3 Å². The molecule has 0 amide bonds. The molecule has 2 aromatic carbocycles. The van der Waals surface area contributed by atoms with Gasteiger partial charge in [0, 0.05) is 24.7 Å². The molecule has 0 spiro atoms. The number of carbonyl (C=O) groups excluding carboxylic acids is 1. The summed E-state index contributed by atoms with van der Waals surface area (Å²) in [5.74, 6) is 0.0771. The van der Waals surface area contributed by atoms with Crippen LogP contribution in [0.25, 0.3) is 11.0 Å². The van der Waals surface area contributed by atoms with Gasteiger partial charge in [0.25, 0.3) is 0 Å². The number of hydrogen-bond donors (Lipinski definition) is 1. The second-order valence-corrected chi connectivity index (χ2v) is 9.02. The van der Waals surface area contributed by atoms with Gasteiger partial charge in [-0.1, -0.05) is 56.3 Å². The molecule has 0 radical (unpaired) electrons. The van der Waals surface area contributed by atoms with Crippen LogP contribution < -0.4 is 16.1 Å². The topological polar surface area (TPSA) is 95.0 Å². The maximum absolute atomic E-state index is 12.9. The fourth-order valence-corrected chi connectivity index (χ4v) is 4.22. The van der Waals surface area contributed by atoms with E-state index in [4.69, 9.17) is 19.6 Å². The number of para-hydroxylation sites is 1. The van der Waals surface area contributed by atoms with E-state index in [-0.39, 0.29) is 12.0 Å². The number of anilines is 1. The number of benzene rings is 2. The van der Waals surface area contributed by atoms with Gasteiger partial charge in [-0.05, 0) is 23.5 Å². The second kappa shape index (κ2) is 9.77. The van der Waals surface area contributed by atoms with Crippen LogP contribution in [0.1, 0.15) is 31.4 Å². The van der Waals surface area contributed by atoms with Crippen LogP contribution in [0, 0.1) is 0 Å². The summed E-state index contributed by atoms with van der Waals surface area (Å²) in [4.78, 5) is 27.4. The zero-order valence-electron chi connectivity index (χ0n) is 19.1. The molecule has 174 valence electrons. The standard InChI is InChI=1S/C26H30N2O5/c1-26(2,16-21(27)25(30)32-17-18-7-4-3-5-8-18)20-10-6-9-19-22(29)15-23(33-24(19)20)28-11-13-31-14-12-28/h3-10,15,21H,11-14,16-17,27H2,1-2H3. The number of ether oxygens (including phenoxy) is 2. The number of fused-ring (bicyclic) bond motifs is 1. The summed E-state index contributed by atoms with van der Waals surface area (Å²) < 4.78 is 17.1. The van der Waals surface area contributed by atoms with E-state index in [2.05, 4.69) is 0 Å². The SMILES string of the molecule is CC(C)(CC(N)C(=O)OCc1ccccc1)c1cccc2c(=O)cc(N3CCOCC3)oc12. The molecule has 0 bridgehead atoms. The van der Waals surface area contributed by atoms with Gasteiger partial charge in [-0.25, -0.2) is 0 Å². The first-order chi connectivity index (χ1) is 15.8. The maximum Gasteiger partial charge on any atom is 0.323 e. The van der Waals surface area contributed by atoms with E-state index >= 15 is 0 Å². The minimum atomic E-state index is -0.812. The molecule has 1 aliphatic rings. The largest absolute Gasteiger partial charge is 0.460 e. The van der Waals surface area contributed by atoms with Gasteiger partial charge in [-0.15, -0.1) is 0 Å². The third-order valence-corrected chi connectivity index (χ3v) is 6.05. The van der Waals surface area contributed by atoms with Crippen LogP contribution in [-0.2, 0) is 26.3 Å². The smallest absolute Gasteiger partial charge is 0.323 e. The summed E-state index contributed by atoms with van der Waals surface area (Å²) >= 11 is 0. The van der Waals surface area contributed by atoms with Crippen molar-refractivity contribution >= 4 is 22.8 Å². The fraction of sp³-hybridized carbons (Fsp3) is 0.385. The molecular weight excluding hydrogens is 420 g/mol. The number of esters is 1. The zero-order valence-corrected chi connectivity index (χ0v) is 19.1. The van der Waals surface area contributed by atoms with Crippen molar-refractivity contribution in [2.75, 3.05) is 31.2 Å². The normalized spacial score (nSPS) is 15.4. The Labute approximate surface area is 193 Å². The summed E-state index contributed by atoms with van der Waals surface area (Å²) in [5.41, 5.74) is 7.87. The van der Waals surface area contributed by atoms with E-state index in [0.29, 0.717) is 49.6 Å². The van der Waals surface area contributed by atoms with Crippen LogP contribution in [-0.4, -0.2) is 38.3 Å². The van der Waals surface area contributed by atoms with Gasteiger partial charge in [-0.3, -0.25) is 9.59 Å². The van der Waals surface area contributed by atoms with Crippen LogP contribution >= 0.6 is 0 Å². The Morgan fingerprint density at radius 1 is 1.12 bits per heavy atom. The van der Waals surface area contributed by atoms with E-state index in [1.165, 1.54) is 6.07 Å². The lowest BCUT2D eigenvalue weighted by Crippen LogP contribution is -2.38. The summed E-state index contributed by atoms with van der Waals surface area (Å²) in [6.45, 7) is 6.68. The summed E-state index contributed by atoms with van der Waals surface area (Å²) in [6, 6.07) is 15.7. The molecule has 1 fully saturated rings. The number of nitrogens with two attached hydrogens (primary N) is 1. The highest BCUT2D eigenvalue weighted by Crippen LogP contribution is 2.34. The minimum Gasteiger partial charge on any atom is -0.460 e. The molecule has 2 N–H and O–H groups in total.